The average Bonchev–Trinajstić information content (AvgIpc) is 2.36. The Kier molecular flexibility index (Phi) is 3.13. The second-order valence-electron chi connectivity index (χ2n) is 4.21. The van der Waals surface area contributed by atoms with Crippen molar-refractivity contribution in [3.63, 3.8) is 0 Å². The molecule has 1 aromatic carbocycles. The molecule has 1 heterocycles. The van der Waals surface area contributed by atoms with E-state index in [4.69, 9.17) is 0 Å². The molecule has 0 unspecified atom stereocenters. The quantitative estimate of drug-likeness (QED) is 0.753. The molecule has 0 radical (unpaired) electrons. The Balaban J connectivity index is 2.40. The maximum atomic E-state index is 11.7. The average molecular weight is 232 g/mol. The Morgan fingerprint density at radius 2 is 2.12 bits per heavy atom. The van der Waals surface area contributed by atoms with Crippen LogP contribution in [0.25, 0.3) is 0 Å². The molecule has 4 heteroatoms. The number of Topliss-reactive ketones (excluding diaryl/α,β-unsaturated/α-hetero) is 1. The zero-order valence-electron chi connectivity index (χ0n) is 10.1. The smallest absolute Gasteiger partial charge is 0.321 e. The summed E-state index contributed by atoms with van der Waals surface area (Å²) in [5.74, 6) is 0.0601. The molecule has 1 aliphatic heterocycles. The monoisotopic (exact) mass is 232 g/mol. The van der Waals surface area contributed by atoms with Crippen molar-refractivity contribution in [3.05, 3.63) is 29.3 Å². The zero-order chi connectivity index (χ0) is 12.4. The first-order valence-electron chi connectivity index (χ1n) is 5.76. The number of hydrogen-bond acceptors (Lipinski definition) is 2. The molecule has 2 rings (SSSR count). The highest BCUT2D eigenvalue weighted by atomic mass is 16.2. The minimum atomic E-state index is -0.0958. The van der Waals surface area contributed by atoms with Crippen LogP contribution in [0.5, 0.6) is 0 Å². The molecule has 1 aromatic rings. The van der Waals surface area contributed by atoms with Gasteiger partial charge in [0.25, 0.3) is 0 Å². The molecule has 0 aromatic heterocycles. The third kappa shape index (κ3) is 2.16. The van der Waals surface area contributed by atoms with Crippen LogP contribution in [-0.2, 0) is 6.42 Å². The second-order valence-corrected chi connectivity index (χ2v) is 4.21. The van der Waals surface area contributed by atoms with Gasteiger partial charge in [0, 0.05) is 24.8 Å². The van der Waals surface area contributed by atoms with Gasteiger partial charge in [-0.3, -0.25) is 9.69 Å². The molecule has 0 aliphatic carbocycles. The first kappa shape index (κ1) is 11.6. The first-order chi connectivity index (χ1) is 8.13. The fraction of sp³-hybridized carbons (Fsp3) is 0.385. The van der Waals surface area contributed by atoms with Gasteiger partial charge < -0.3 is 5.32 Å². The maximum absolute atomic E-state index is 11.7. The summed E-state index contributed by atoms with van der Waals surface area (Å²) < 4.78 is 0. The number of rotatable bonds is 1. The lowest BCUT2D eigenvalue weighted by atomic mass is 9.98. The van der Waals surface area contributed by atoms with E-state index in [1.54, 1.807) is 24.9 Å². The maximum Gasteiger partial charge on any atom is 0.321 e. The van der Waals surface area contributed by atoms with Gasteiger partial charge in [-0.05, 0) is 43.5 Å². The van der Waals surface area contributed by atoms with Crippen molar-refractivity contribution in [1.82, 2.24) is 5.32 Å². The lowest BCUT2D eigenvalue weighted by Crippen LogP contribution is -2.41. The minimum absolute atomic E-state index is 0.0601. The molecule has 0 atom stereocenters. The number of benzene rings is 1. The number of carbonyl (C=O) groups is 2. The van der Waals surface area contributed by atoms with Crippen LogP contribution in [0.3, 0.4) is 0 Å². The molecule has 0 spiro atoms. The Labute approximate surface area is 101 Å². The van der Waals surface area contributed by atoms with Crippen LogP contribution in [0.2, 0.25) is 0 Å². The largest absolute Gasteiger partial charge is 0.341 e. The number of carbonyl (C=O) groups excluding carboxylic acids is 2. The summed E-state index contributed by atoms with van der Waals surface area (Å²) in [6.07, 6.45) is 1.85. The number of anilines is 1. The van der Waals surface area contributed by atoms with Gasteiger partial charge in [-0.25, -0.2) is 4.79 Å². The zero-order valence-corrected chi connectivity index (χ0v) is 10.1. The Bertz CT molecular complexity index is 468. The summed E-state index contributed by atoms with van der Waals surface area (Å²) in [5.41, 5.74) is 2.70. The highest BCUT2D eigenvalue weighted by molar-refractivity contribution is 5.97. The van der Waals surface area contributed by atoms with E-state index in [2.05, 4.69) is 5.32 Å². The van der Waals surface area contributed by atoms with Gasteiger partial charge in [0.1, 0.15) is 0 Å². The van der Waals surface area contributed by atoms with Crippen molar-refractivity contribution in [2.75, 3.05) is 18.5 Å². The van der Waals surface area contributed by atoms with Crippen LogP contribution in [0, 0.1) is 0 Å². The SMILES string of the molecule is CNC(=O)N1CCCc2cc(C(C)=O)ccc21. The van der Waals surface area contributed by atoms with Crippen molar-refractivity contribution in [2.24, 2.45) is 0 Å². The van der Waals surface area contributed by atoms with E-state index in [9.17, 15) is 9.59 Å². The predicted octanol–water partition coefficient (Wildman–Crippen LogP) is 1.98. The van der Waals surface area contributed by atoms with Crippen LogP contribution in [0.1, 0.15) is 29.3 Å². The summed E-state index contributed by atoms with van der Waals surface area (Å²) in [6.45, 7) is 2.28. The molecule has 90 valence electrons. The van der Waals surface area contributed by atoms with Crippen molar-refractivity contribution in [2.45, 2.75) is 19.8 Å². The van der Waals surface area contributed by atoms with E-state index in [1.165, 1.54) is 0 Å². The number of nitrogens with one attached hydrogen (secondary N) is 1. The molecule has 0 saturated carbocycles. The molecule has 17 heavy (non-hydrogen) atoms. The molecule has 1 N–H and O–H groups in total. The second kappa shape index (κ2) is 4.57. The number of hydrogen-bond donors (Lipinski definition) is 1. The molecule has 2 amide bonds. The molecular weight excluding hydrogens is 216 g/mol. The third-order valence-electron chi connectivity index (χ3n) is 3.06. The van der Waals surface area contributed by atoms with Crippen LogP contribution >= 0.6 is 0 Å². The van der Waals surface area contributed by atoms with Gasteiger partial charge in [-0.2, -0.15) is 0 Å². The molecule has 0 saturated heterocycles. The standard InChI is InChI=1S/C13H16N2O2/c1-9(16)10-5-6-12-11(8-10)4-3-7-15(12)13(17)14-2/h5-6,8H,3-4,7H2,1-2H3,(H,14,17). The summed E-state index contributed by atoms with van der Waals surface area (Å²) in [4.78, 5) is 24.7. The van der Waals surface area contributed by atoms with E-state index in [-0.39, 0.29) is 11.8 Å². The summed E-state index contributed by atoms with van der Waals surface area (Å²) >= 11 is 0. The number of urea groups is 1. The van der Waals surface area contributed by atoms with Gasteiger partial charge in [0.2, 0.25) is 0 Å². The van der Waals surface area contributed by atoms with Crippen LogP contribution in [0.15, 0.2) is 18.2 Å². The molecule has 4 nitrogen and oxygen atoms in total. The minimum Gasteiger partial charge on any atom is -0.341 e. The normalized spacial score (nSPS) is 14.1. The molecule has 0 bridgehead atoms. The van der Waals surface area contributed by atoms with Gasteiger partial charge in [-0.15, -0.1) is 0 Å². The Morgan fingerprint density at radius 1 is 1.35 bits per heavy atom. The topological polar surface area (TPSA) is 49.4 Å². The van der Waals surface area contributed by atoms with E-state index in [0.717, 1.165) is 30.6 Å². The highest BCUT2D eigenvalue weighted by Crippen LogP contribution is 2.28. The molecule has 1 aliphatic rings. The fourth-order valence-electron chi connectivity index (χ4n) is 2.16. The van der Waals surface area contributed by atoms with E-state index < -0.39 is 0 Å². The number of ketones is 1. The van der Waals surface area contributed by atoms with Crippen LogP contribution in [0.4, 0.5) is 10.5 Å². The van der Waals surface area contributed by atoms with Crippen molar-refractivity contribution < 1.29 is 9.59 Å². The van der Waals surface area contributed by atoms with Crippen LogP contribution < -0.4 is 10.2 Å². The van der Waals surface area contributed by atoms with Crippen LogP contribution in [-0.4, -0.2) is 25.4 Å². The fourth-order valence-corrected chi connectivity index (χ4v) is 2.16. The summed E-state index contributed by atoms with van der Waals surface area (Å²) in [6, 6.07) is 5.44. The number of fused-ring (bicyclic) bond motifs is 1. The first-order valence-corrected chi connectivity index (χ1v) is 5.76. The van der Waals surface area contributed by atoms with E-state index in [0.29, 0.717) is 5.56 Å². The van der Waals surface area contributed by atoms with Gasteiger partial charge >= 0.3 is 6.03 Å². The van der Waals surface area contributed by atoms with E-state index in [1.807, 2.05) is 12.1 Å². The predicted molar refractivity (Wildman–Crippen MR) is 66.6 cm³/mol. The number of nitrogens with zero attached hydrogens (tertiary/aromatic N) is 1. The number of aryl methyl sites for hydroxylation is 1. The van der Waals surface area contributed by atoms with Gasteiger partial charge in [0.15, 0.2) is 5.78 Å². The van der Waals surface area contributed by atoms with Gasteiger partial charge in [0.05, 0.1) is 0 Å². The summed E-state index contributed by atoms with van der Waals surface area (Å²) in [5, 5.41) is 2.63. The van der Waals surface area contributed by atoms with E-state index >= 15 is 0 Å². The lowest BCUT2D eigenvalue weighted by molar-refractivity contribution is 0.101. The van der Waals surface area contributed by atoms with Crippen molar-refractivity contribution in [1.29, 1.82) is 0 Å². The van der Waals surface area contributed by atoms with Gasteiger partial charge in [-0.1, -0.05) is 0 Å². The lowest BCUT2D eigenvalue weighted by Gasteiger charge is -2.29. The third-order valence-corrected chi connectivity index (χ3v) is 3.06. The number of amides is 2. The van der Waals surface area contributed by atoms with Crippen molar-refractivity contribution in [3.8, 4) is 0 Å². The van der Waals surface area contributed by atoms with Crippen molar-refractivity contribution >= 4 is 17.5 Å². The Hall–Kier alpha value is -1.84. The molecule has 0 fully saturated rings. The summed E-state index contributed by atoms with van der Waals surface area (Å²) in [7, 11) is 1.63. The molecular formula is C13H16N2O2. The highest BCUT2D eigenvalue weighted by Gasteiger charge is 2.22. The Morgan fingerprint density at radius 3 is 2.76 bits per heavy atom.